The fraction of sp³-hybridized carbons (Fsp3) is 0.429. The molecule has 0 aliphatic carbocycles. The highest BCUT2D eigenvalue weighted by molar-refractivity contribution is 5.29. The van der Waals surface area contributed by atoms with E-state index in [0.717, 1.165) is 5.56 Å². The highest BCUT2D eigenvalue weighted by Gasteiger charge is 2.29. The molecule has 1 heterocycles. The summed E-state index contributed by atoms with van der Waals surface area (Å²) in [5.41, 5.74) is 0.886. The average Bonchev–Trinajstić information content (AvgIpc) is 2.89. The quantitative estimate of drug-likeness (QED) is 0.899. The summed E-state index contributed by atoms with van der Waals surface area (Å²) in [6, 6.07) is 10.3. The molecule has 0 fully saturated rings. The third kappa shape index (κ3) is 2.29. The first-order chi connectivity index (χ1) is 8.55. The van der Waals surface area contributed by atoms with Gasteiger partial charge in [0.25, 0.3) is 0 Å². The van der Waals surface area contributed by atoms with Crippen molar-refractivity contribution >= 4 is 0 Å². The standard InChI is InChI=1S/C14H19N3O/c1-10(15-4)12-16-17-13(18-12)14(2,3)11-8-6-5-7-9-11/h5-10,15H,1-4H3. The van der Waals surface area contributed by atoms with Crippen molar-refractivity contribution in [2.24, 2.45) is 0 Å². The van der Waals surface area contributed by atoms with E-state index >= 15 is 0 Å². The number of hydrogen-bond donors (Lipinski definition) is 1. The summed E-state index contributed by atoms with van der Waals surface area (Å²) in [6.45, 7) is 6.17. The van der Waals surface area contributed by atoms with E-state index in [0.29, 0.717) is 11.8 Å². The van der Waals surface area contributed by atoms with E-state index < -0.39 is 0 Å². The van der Waals surface area contributed by atoms with E-state index in [1.165, 1.54) is 0 Å². The lowest BCUT2D eigenvalue weighted by Crippen LogP contribution is -2.19. The van der Waals surface area contributed by atoms with Gasteiger partial charge in [0, 0.05) is 0 Å². The van der Waals surface area contributed by atoms with Gasteiger partial charge in [-0.05, 0) is 33.4 Å². The van der Waals surface area contributed by atoms with E-state index in [1.807, 2.05) is 32.2 Å². The summed E-state index contributed by atoms with van der Waals surface area (Å²) in [7, 11) is 1.87. The Morgan fingerprint density at radius 2 is 1.83 bits per heavy atom. The predicted octanol–water partition coefficient (Wildman–Crippen LogP) is 2.68. The summed E-state index contributed by atoms with van der Waals surface area (Å²) in [4.78, 5) is 0. The van der Waals surface area contributed by atoms with Crippen molar-refractivity contribution in [2.75, 3.05) is 7.05 Å². The normalized spacial score (nSPS) is 13.6. The number of nitrogens with zero attached hydrogens (tertiary/aromatic N) is 2. The number of nitrogens with one attached hydrogen (secondary N) is 1. The molecule has 0 amide bonds. The molecule has 4 nitrogen and oxygen atoms in total. The summed E-state index contributed by atoms with van der Waals surface area (Å²) in [5, 5.41) is 11.4. The van der Waals surface area contributed by atoms with Crippen molar-refractivity contribution in [2.45, 2.75) is 32.2 Å². The first-order valence-corrected chi connectivity index (χ1v) is 6.12. The topological polar surface area (TPSA) is 51.0 Å². The Morgan fingerprint density at radius 3 is 2.44 bits per heavy atom. The molecule has 1 aromatic heterocycles. The average molecular weight is 245 g/mol. The molecule has 18 heavy (non-hydrogen) atoms. The molecule has 0 bridgehead atoms. The van der Waals surface area contributed by atoms with Crippen molar-refractivity contribution in [3.05, 3.63) is 47.7 Å². The Morgan fingerprint density at radius 1 is 1.17 bits per heavy atom. The van der Waals surface area contributed by atoms with Gasteiger partial charge < -0.3 is 9.73 Å². The molecule has 1 atom stereocenters. The van der Waals surface area contributed by atoms with Gasteiger partial charge in [-0.1, -0.05) is 30.3 Å². The monoisotopic (exact) mass is 245 g/mol. The molecule has 0 saturated heterocycles. The lowest BCUT2D eigenvalue weighted by Gasteiger charge is -2.20. The van der Waals surface area contributed by atoms with Gasteiger partial charge in [0.2, 0.25) is 11.8 Å². The second kappa shape index (κ2) is 4.90. The second-order valence-electron chi connectivity index (χ2n) is 4.95. The molecular weight excluding hydrogens is 226 g/mol. The summed E-state index contributed by atoms with van der Waals surface area (Å²) < 4.78 is 5.77. The molecule has 0 saturated carbocycles. The van der Waals surface area contributed by atoms with E-state index in [-0.39, 0.29) is 11.5 Å². The van der Waals surface area contributed by atoms with Gasteiger partial charge >= 0.3 is 0 Å². The predicted molar refractivity (Wildman–Crippen MR) is 70.3 cm³/mol. The van der Waals surface area contributed by atoms with E-state index in [2.05, 4.69) is 41.5 Å². The minimum atomic E-state index is -0.278. The zero-order chi connectivity index (χ0) is 13.2. The van der Waals surface area contributed by atoms with Crippen LogP contribution in [0.15, 0.2) is 34.7 Å². The Bertz CT molecular complexity index is 505. The lowest BCUT2D eigenvalue weighted by atomic mass is 9.85. The van der Waals surface area contributed by atoms with Gasteiger partial charge in [-0.2, -0.15) is 0 Å². The first kappa shape index (κ1) is 12.8. The minimum Gasteiger partial charge on any atom is -0.423 e. The summed E-state index contributed by atoms with van der Waals surface area (Å²) in [6.07, 6.45) is 0. The maximum absolute atomic E-state index is 5.77. The van der Waals surface area contributed by atoms with Crippen LogP contribution >= 0.6 is 0 Å². The van der Waals surface area contributed by atoms with Crippen molar-refractivity contribution in [3.63, 3.8) is 0 Å². The van der Waals surface area contributed by atoms with Crippen LogP contribution in [0, 0.1) is 0 Å². The van der Waals surface area contributed by atoms with Gasteiger partial charge in [-0.3, -0.25) is 0 Å². The van der Waals surface area contributed by atoms with Crippen LogP contribution in [-0.4, -0.2) is 17.2 Å². The van der Waals surface area contributed by atoms with Crippen LogP contribution < -0.4 is 5.32 Å². The maximum Gasteiger partial charge on any atom is 0.233 e. The van der Waals surface area contributed by atoms with Crippen molar-refractivity contribution in [1.82, 2.24) is 15.5 Å². The van der Waals surface area contributed by atoms with Gasteiger partial charge in [-0.15, -0.1) is 10.2 Å². The van der Waals surface area contributed by atoms with Crippen LogP contribution in [0.3, 0.4) is 0 Å². The third-order valence-corrected chi connectivity index (χ3v) is 3.27. The summed E-state index contributed by atoms with van der Waals surface area (Å²) >= 11 is 0. The van der Waals surface area contributed by atoms with Gasteiger partial charge in [0.15, 0.2) is 0 Å². The second-order valence-corrected chi connectivity index (χ2v) is 4.95. The molecule has 0 spiro atoms. The zero-order valence-corrected chi connectivity index (χ0v) is 11.3. The number of rotatable bonds is 4. The van der Waals surface area contributed by atoms with Crippen LogP contribution in [-0.2, 0) is 5.41 Å². The SMILES string of the molecule is CNC(C)c1nnc(C(C)(C)c2ccccc2)o1. The lowest BCUT2D eigenvalue weighted by molar-refractivity contribution is 0.363. The molecule has 1 aromatic carbocycles. The molecule has 0 aliphatic rings. The van der Waals surface area contributed by atoms with Crippen molar-refractivity contribution in [1.29, 1.82) is 0 Å². The van der Waals surface area contributed by atoms with Crippen molar-refractivity contribution in [3.8, 4) is 0 Å². The molecule has 4 heteroatoms. The maximum atomic E-state index is 5.77. The minimum absolute atomic E-state index is 0.0674. The van der Waals surface area contributed by atoms with Crippen LogP contribution in [0.5, 0.6) is 0 Å². The highest BCUT2D eigenvalue weighted by atomic mass is 16.4. The molecule has 2 aromatic rings. The van der Waals surface area contributed by atoms with Gasteiger partial charge in [0.1, 0.15) is 0 Å². The number of aromatic nitrogens is 2. The fourth-order valence-corrected chi connectivity index (χ4v) is 1.76. The smallest absolute Gasteiger partial charge is 0.233 e. The van der Waals surface area contributed by atoms with Crippen LogP contribution in [0.4, 0.5) is 0 Å². The molecular formula is C14H19N3O. The van der Waals surface area contributed by atoms with Crippen LogP contribution in [0.2, 0.25) is 0 Å². The van der Waals surface area contributed by atoms with E-state index in [1.54, 1.807) is 0 Å². The number of benzene rings is 1. The van der Waals surface area contributed by atoms with Gasteiger partial charge in [-0.25, -0.2) is 0 Å². The van der Waals surface area contributed by atoms with Crippen LogP contribution in [0.1, 0.15) is 44.2 Å². The van der Waals surface area contributed by atoms with E-state index in [9.17, 15) is 0 Å². The molecule has 1 N–H and O–H groups in total. The number of hydrogen-bond acceptors (Lipinski definition) is 4. The first-order valence-electron chi connectivity index (χ1n) is 6.12. The van der Waals surface area contributed by atoms with Gasteiger partial charge in [0.05, 0.1) is 11.5 Å². The van der Waals surface area contributed by atoms with Crippen LogP contribution in [0.25, 0.3) is 0 Å². The molecule has 96 valence electrons. The zero-order valence-electron chi connectivity index (χ0n) is 11.3. The van der Waals surface area contributed by atoms with Crippen molar-refractivity contribution < 1.29 is 4.42 Å². The third-order valence-electron chi connectivity index (χ3n) is 3.27. The molecule has 1 unspecified atom stereocenters. The largest absolute Gasteiger partial charge is 0.423 e. The highest BCUT2D eigenvalue weighted by Crippen LogP contribution is 2.30. The molecule has 0 aliphatic heterocycles. The molecule has 2 rings (SSSR count). The molecule has 0 radical (unpaired) electrons. The Hall–Kier alpha value is -1.68. The van der Waals surface area contributed by atoms with E-state index in [4.69, 9.17) is 4.42 Å². The fourth-order valence-electron chi connectivity index (χ4n) is 1.76. The Kier molecular flexibility index (Phi) is 3.48. The summed E-state index contributed by atoms with van der Waals surface area (Å²) in [5.74, 6) is 1.27. The Balaban J connectivity index is 2.33. The Labute approximate surface area is 107 Å².